The van der Waals surface area contributed by atoms with Crippen molar-refractivity contribution in [3.63, 3.8) is 0 Å². The van der Waals surface area contributed by atoms with Crippen molar-refractivity contribution in [2.24, 2.45) is 11.1 Å². The summed E-state index contributed by atoms with van der Waals surface area (Å²) in [4.78, 5) is 11.1. The summed E-state index contributed by atoms with van der Waals surface area (Å²) in [6.07, 6.45) is 1.89. The number of amides is 1. The van der Waals surface area contributed by atoms with Gasteiger partial charge in [0.25, 0.3) is 0 Å². The van der Waals surface area contributed by atoms with Crippen LogP contribution in [-0.4, -0.2) is 5.91 Å². The van der Waals surface area contributed by atoms with E-state index in [9.17, 15) is 9.18 Å². The lowest BCUT2D eigenvalue weighted by molar-refractivity contribution is -0.123. The minimum absolute atomic E-state index is 0.336. The SMILES string of the molecule is NC(=O)C1(Cc2ccc(Cl)cc2F)CC1. The molecule has 15 heavy (non-hydrogen) atoms. The average Bonchev–Trinajstić information content (AvgIpc) is 2.91. The molecule has 1 amide bonds. The van der Waals surface area contributed by atoms with E-state index < -0.39 is 5.41 Å². The number of benzene rings is 1. The van der Waals surface area contributed by atoms with Crippen LogP contribution in [-0.2, 0) is 11.2 Å². The van der Waals surface area contributed by atoms with Gasteiger partial charge in [-0.2, -0.15) is 0 Å². The Balaban J connectivity index is 2.21. The lowest BCUT2D eigenvalue weighted by Gasteiger charge is -2.11. The normalized spacial score (nSPS) is 17.5. The van der Waals surface area contributed by atoms with Crippen molar-refractivity contribution in [2.45, 2.75) is 19.3 Å². The van der Waals surface area contributed by atoms with Gasteiger partial charge in [-0.3, -0.25) is 4.79 Å². The number of carbonyl (C=O) groups is 1. The summed E-state index contributed by atoms with van der Waals surface area (Å²) in [5.41, 5.74) is 5.28. The molecule has 1 aliphatic rings. The fourth-order valence-electron chi connectivity index (χ4n) is 1.69. The van der Waals surface area contributed by atoms with E-state index in [2.05, 4.69) is 0 Å². The number of rotatable bonds is 3. The van der Waals surface area contributed by atoms with Gasteiger partial charge in [-0.25, -0.2) is 4.39 Å². The van der Waals surface area contributed by atoms with Crippen LogP contribution in [0.2, 0.25) is 5.02 Å². The minimum Gasteiger partial charge on any atom is -0.369 e. The maximum atomic E-state index is 13.4. The van der Waals surface area contributed by atoms with Gasteiger partial charge in [0, 0.05) is 5.02 Å². The average molecular weight is 228 g/mol. The van der Waals surface area contributed by atoms with Gasteiger partial charge in [0.15, 0.2) is 0 Å². The number of primary amides is 1. The highest BCUT2D eigenvalue weighted by atomic mass is 35.5. The minimum atomic E-state index is -0.505. The molecule has 0 saturated heterocycles. The van der Waals surface area contributed by atoms with Crippen molar-refractivity contribution < 1.29 is 9.18 Å². The molecule has 0 radical (unpaired) electrons. The highest BCUT2D eigenvalue weighted by Gasteiger charge is 2.48. The first-order chi connectivity index (χ1) is 7.03. The molecule has 0 heterocycles. The molecule has 4 heteroatoms. The predicted octanol–water partition coefficient (Wildman–Crippen LogP) is 2.29. The van der Waals surface area contributed by atoms with E-state index in [1.54, 1.807) is 12.1 Å². The molecule has 2 nitrogen and oxygen atoms in total. The molecule has 0 spiro atoms. The van der Waals surface area contributed by atoms with Crippen molar-refractivity contribution in [3.8, 4) is 0 Å². The van der Waals surface area contributed by atoms with E-state index in [0.29, 0.717) is 17.0 Å². The van der Waals surface area contributed by atoms with Crippen LogP contribution in [0, 0.1) is 11.2 Å². The zero-order chi connectivity index (χ0) is 11.1. The third kappa shape index (κ3) is 1.97. The Hall–Kier alpha value is -1.09. The number of hydrogen-bond donors (Lipinski definition) is 1. The molecule has 80 valence electrons. The summed E-state index contributed by atoms with van der Waals surface area (Å²) < 4.78 is 13.4. The smallest absolute Gasteiger partial charge is 0.223 e. The van der Waals surface area contributed by atoms with Gasteiger partial charge >= 0.3 is 0 Å². The summed E-state index contributed by atoms with van der Waals surface area (Å²) in [5, 5.41) is 0.361. The summed E-state index contributed by atoms with van der Waals surface area (Å²) in [5.74, 6) is -0.702. The van der Waals surface area contributed by atoms with Gasteiger partial charge < -0.3 is 5.73 Å². The molecular weight excluding hydrogens is 217 g/mol. The van der Waals surface area contributed by atoms with Crippen molar-refractivity contribution >= 4 is 17.5 Å². The Kier molecular flexibility index (Phi) is 2.43. The first kappa shape index (κ1) is 10.4. The molecule has 0 aromatic heterocycles. The third-order valence-electron chi connectivity index (χ3n) is 2.92. The molecular formula is C11H11ClFNO. The lowest BCUT2D eigenvalue weighted by atomic mass is 9.95. The fraction of sp³-hybridized carbons (Fsp3) is 0.364. The van der Waals surface area contributed by atoms with Crippen LogP contribution in [0.3, 0.4) is 0 Å². The van der Waals surface area contributed by atoms with Crippen molar-refractivity contribution in [2.75, 3.05) is 0 Å². The van der Waals surface area contributed by atoms with Gasteiger partial charge in [0.1, 0.15) is 5.82 Å². The van der Waals surface area contributed by atoms with E-state index in [0.717, 1.165) is 12.8 Å². The zero-order valence-corrected chi connectivity index (χ0v) is 8.85. The van der Waals surface area contributed by atoms with Crippen LogP contribution in [0.25, 0.3) is 0 Å². The standard InChI is InChI=1S/C11H11ClFNO/c12-8-2-1-7(9(13)5-8)6-11(3-4-11)10(14)15/h1-2,5H,3-4,6H2,(H2,14,15). The molecule has 0 atom stereocenters. The van der Waals surface area contributed by atoms with E-state index in [4.69, 9.17) is 17.3 Å². The van der Waals surface area contributed by atoms with Crippen LogP contribution in [0.15, 0.2) is 18.2 Å². The molecule has 2 rings (SSSR count). The zero-order valence-electron chi connectivity index (χ0n) is 8.09. The van der Waals surface area contributed by atoms with Crippen LogP contribution in [0.5, 0.6) is 0 Å². The number of carbonyl (C=O) groups excluding carboxylic acids is 1. The topological polar surface area (TPSA) is 43.1 Å². The Morgan fingerprint density at radius 3 is 2.67 bits per heavy atom. The largest absolute Gasteiger partial charge is 0.369 e. The van der Waals surface area contributed by atoms with Gasteiger partial charge in [-0.1, -0.05) is 17.7 Å². The Morgan fingerprint density at radius 1 is 1.53 bits per heavy atom. The summed E-state index contributed by atoms with van der Waals surface area (Å²) >= 11 is 5.63. The molecule has 1 aliphatic carbocycles. The molecule has 1 fully saturated rings. The van der Waals surface area contributed by atoms with Gasteiger partial charge in [-0.15, -0.1) is 0 Å². The summed E-state index contributed by atoms with van der Waals surface area (Å²) in [6.45, 7) is 0. The van der Waals surface area contributed by atoms with Gasteiger partial charge in [-0.05, 0) is 37.0 Å². The Morgan fingerprint density at radius 2 is 2.20 bits per heavy atom. The maximum absolute atomic E-state index is 13.4. The predicted molar refractivity (Wildman–Crippen MR) is 56.0 cm³/mol. The molecule has 0 unspecified atom stereocenters. The van der Waals surface area contributed by atoms with E-state index in [1.807, 2.05) is 0 Å². The summed E-state index contributed by atoms with van der Waals surface area (Å²) in [6, 6.07) is 4.49. The second kappa shape index (κ2) is 3.49. The number of hydrogen-bond acceptors (Lipinski definition) is 1. The highest BCUT2D eigenvalue weighted by Crippen LogP contribution is 2.48. The first-order valence-corrected chi connectivity index (χ1v) is 5.15. The second-order valence-corrected chi connectivity index (χ2v) is 4.49. The van der Waals surface area contributed by atoms with E-state index >= 15 is 0 Å². The van der Waals surface area contributed by atoms with Crippen LogP contribution in [0.1, 0.15) is 18.4 Å². The second-order valence-electron chi connectivity index (χ2n) is 4.06. The highest BCUT2D eigenvalue weighted by molar-refractivity contribution is 6.30. The number of halogens is 2. The molecule has 0 aliphatic heterocycles. The number of nitrogens with two attached hydrogens (primary N) is 1. The maximum Gasteiger partial charge on any atom is 0.223 e. The Bertz CT molecular complexity index is 415. The van der Waals surface area contributed by atoms with Crippen LogP contribution in [0.4, 0.5) is 4.39 Å². The van der Waals surface area contributed by atoms with E-state index in [1.165, 1.54) is 6.07 Å². The van der Waals surface area contributed by atoms with Crippen LogP contribution >= 0.6 is 11.6 Å². The van der Waals surface area contributed by atoms with Crippen molar-refractivity contribution in [1.29, 1.82) is 0 Å². The quantitative estimate of drug-likeness (QED) is 0.846. The van der Waals surface area contributed by atoms with Crippen molar-refractivity contribution in [1.82, 2.24) is 0 Å². The van der Waals surface area contributed by atoms with Gasteiger partial charge in [0.05, 0.1) is 5.41 Å². The molecule has 1 saturated carbocycles. The fourth-order valence-corrected chi connectivity index (χ4v) is 1.85. The molecule has 1 aromatic rings. The van der Waals surface area contributed by atoms with Gasteiger partial charge in [0.2, 0.25) is 5.91 Å². The van der Waals surface area contributed by atoms with Crippen LogP contribution < -0.4 is 5.73 Å². The molecule has 2 N–H and O–H groups in total. The van der Waals surface area contributed by atoms with E-state index in [-0.39, 0.29) is 11.7 Å². The lowest BCUT2D eigenvalue weighted by Crippen LogP contribution is -2.26. The summed E-state index contributed by atoms with van der Waals surface area (Å²) in [7, 11) is 0. The molecule has 0 bridgehead atoms. The monoisotopic (exact) mass is 227 g/mol. The first-order valence-electron chi connectivity index (χ1n) is 4.77. The Labute approximate surface area is 92.2 Å². The molecule has 1 aromatic carbocycles. The van der Waals surface area contributed by atoms with Crippen molar-refractivity contribution in [3.05, 3.63) is 34.6 Å². The third-order valence-corrected chi connectivity index (χ3v) is 3.16.